The molecule has 2 aliphatic carbocycles. The first-order chi connectivity index (χ1) is 12.2. The molecule has 25 heavy (non-hydrogen) atoms. The fraction of sp³-hybridized carbons (Fsp3) is 0.429. The summed E-state index contributed by atoms with van der Waals surface area (Å²) in [4.78, 5) is 0. The van der Waals surface area contributed by atoms with Gasteiger partial charge in [0.15, 0.2) is 23.0 Å². The predicted octanol–water partition coefficient (Wildman–Crippen LogP) is 3.86. The van der Waals surface area contributed by atoms with E-state index in [1.807, 2.05) is 6.07 Å². The van der Waals surface area contributed by atoms with Crippen molar-refractivity contribution < 1.29 is 19.3 Å². The Hall–Kier alpha value is -2.36. The van der Waals surface area contributed by atoms with E-state index in [0.29, 0.717) is 17.6 Å². The summed E-state index contributed by atoms with van der Waals surface area (Å²) in [5, 5.41) is 10.1. The monoisotopic (exact) mass is 340 g/mol. The van der Waals surface area contributed by atoms with Crippen LogP contribution in [0.5, 0.6) is 23.0 Å². The van der Waals surface area contributed by atoms with E-state index in [9.17, 15) is 5.11 Å². The van der Waals surface area contributed by atoms with E-state index in [0.717, 1.165) is 37.2 Å². The molecule has 0 saturated heterocycles. The Morgan fingerprint density at radius 3 is 2.40 bits per heavy atom. The number of phenols is 1. The molecule has 0 amide bonds. The van der Waals surface area contributed by atoms with Crippen LogP contribution in [0.1, 0.15) is 34.6 Å². The second-order valence-corrected chi connectivity index (χ2v) is 6.98. The molecule has 2 aliphatic rings. The van der Waals surface area contributed by atoms with Crippen molar-refractivity contribution in [1.29, 1.82) is 0 Å². The maximum Gasteiger partial charge on any atom is 0.163 e. The molecule has 132 valence electrons. The Balaban J connectivity index is 1.77. The molecule has 2 atom stereocenters. The summed E-state index contributed by atoms with van der Waals surface area (Å²) >= 11 is 0. The summed E-state index contributed by atoms with van der Waals surface area (Å²) in [6, 6.07) is 8.08. The van der Waals surface area contributed by atoms with Crippen molar-refractivity contribution in [2.45, 2.75) is 31.6 Å². The minimum atomic E-state index is 0.238. The number of methoxy groups -OCH3 is 3. The van der Waals surface area contributed by atoms with Gasteiger partial charge in [0.1, 0.15) is 0 Å². The van der Waals surface area contributed by atoms with Gasteiger partial charge in [0.2, 0.25) is 0 Å². The molecule has 0 spiro atoms. The lowest BCUT2D eigenvalue weighted by molar-refractivity contribution is 0.320. The minimum Gasteiger partial charge on any atom is -0.504 e. The molecular weight excluding hydrogens is 316 g/mol. The van der Waals surface area contributed by atoms with E-state index in [-0.39, 0.29) is 5.75 Å². The lowest BCUT2D eigenvalue weighted by Gasteiger charge is -2.39. The van der Waals surface area contributed by atoms with Crippen LogP contribution in [0.3, 0.4) is 0 Å². The number of aryl methyl sites for hydroxylation is 1. The highest BCUT2D eigenvalue weighted by Crippen LogP contribution is 2.49. The van der Waals surface area contributed by atoms with Crippen molar-refractivity contribution in [3.8, 4) is 23.0 Å². The summed E-state index contributed by atoms with van der Waals surface area (Å²) in [6.07, 6.45) is 4.11. The minimum absolute atomic E-state index is 0.238. The molecule has 0 aliphatic heterocycles. The van der Waals surface area contributed by atoms with Crippen LogP contribution in [0.15, 0.2) is 24.3 Å². The number of fused-ring (bicyclic) bond motifs is 4. The second kappa shape index (κ2) is 6.17. The van der Waals surface area contributed by atoms with Crippen molar-refractivity contribution >= 4 is 0 Å². The van der Waals surface area contributed by atoms with Crippen molar-refractivity contribution in [3.05, 3.63) is 46.5 Å². The SMILES string of the molecule is COc1cc2c(cc1OC)C1Cc3ccc(O)c(OC)c3CC1CC2. The van der Waals surface area contributed by atoms with E-state index < -0.39 is 0 Å². The molecule has 4 heteroatoms. The zero-order chi connectivity index (χ0) is 17.6. The Kier molecular flexibility index (Phi) is 3.98. The van der Waals surface area contributed by atoms with Crippen LogP contribution in [-0.4, -0.2) is 26.4 Å². The van der Waals surface area contributed by atoms with Gasteiger partial charge in [-0.15, -0.1) is 0 Å². The second-order valence-electron chi connectivity index (χ2n) is 6.98. The topological polar surface area (TPSA) is 47.9 Å². The third kappa shape index (κ3) is 2.51. The largest absolute Gasteiger partial charge is 0.504 e. The normalized spacial score (nSPS) is 20.9. The van der Waals surface area contributed by atoms with Crippen molar-refractivity contribution in [2.24, 2.45) is 5.92 Å². The van der Waals surface area contributed by atoms with Gasteiger partial charge in [0.25, 0.3) is 0 Å². The van der Waals surface area contributed by atoms with Crippen LogP contribution in [0.2, 0.25) is 0 Å². The van der Waals surface area contributed by atoms with Crippen molar-refractivity contribution in [2.75, 3.05) is 21.3 Å². The quantitative estimate of drug-likeness (QED) is 0.922. The van der Waals surface area contributed by atoms with Gasteiger partial charge >= 0.3 is 0 Å². The smallest absolute Gasteiger partial charge is 0.163 e. The zero-order valence-corrected chi connectivity index (χ0v) is 15.0. The molecule has 1 N–H and O–H groups in total. The summed E-state index contributed by atoms with van der Waals surface area (Å²) < 4.78 is 16.5. The van der Waals surface area contributed by atoms with Gasteiger partial charge < -0.3 is 19.3 Å². The predicted molar refractivity (Wildman–Crippen MR) is 96.2 cm³/mol. The molecular formula is C21H24O4. The average Bonchev–Trinajstić information content (AvgIpc) is 2.65. The van der Waals surface area contributed by atoms with Gasteiger partial charge in [-0.1, -0.05) is 6.07 Å². The van der Waals surface area contributed by atoms with Crippen LogP contribution in [0.25, 0.3) is 0 Å². The molecule has 0 radical (unpaired) electrons. The van der Waals surface area contributed by atoms with Gasteiger partial charge in [-0.2, -0.15) is 0 Å². The molecule has 0 saturated carbocycles. The Morgan fingerprint density at radius 1 is 0.920 bits per heavy atom. The van der Waals surface area contributed by atoms with Gasteiger partial charge in [0, 0.05) is 5.56 Å². The fourth-order valence-corrected chi connectivity index (χ4v) is 4.61. The van der Waals surface area contributed by atoms with E-state index in [4.69, 9.17) is 14.2 Å². The first-order valence-corrected chi connectivity index (χ1v) is 8.78. The number of hydrogen-bond acceptors (Lipinski definition) is 4. The third-order valence-electron chi connectivity index (χ3n) is 5.85. The summed E-state index contributed by atoms with van der Waals surface area (Å²) in [5.41, 5.74) is 5.20. The molecule has 2 unspecified atom stereocenters. The highest BCUT2D eigenvalue weighted by Gasteiger charge is 2.36. The molecule has 0 aromatic heterocycles. The number of ether oxygens (including phenoxy) is 3. The summed E-state index contributed by atoms with van der Waals surface area (Å²) in [5.74, 6) is 3.54. The van der Waals surface area contributed by atoms with Gasteiger partial charge in [-0.3, -0.25) is 0 Å². The molecule has 0 heterocycles. The molecule has 0 fully saturated rings. The third-order valence-corrected chi connectivity index (χ3v) is 5.85. The first-order valence-electron chi connectivity index (χ1n) is 8.78. The van der Waals surface area contributed by atoms with Crippen LogP contribution in [0.4, 0.5) is 0 Å². The van der Waals surface area contributed by atoms with Crippen LogP contribution in [0, 0.1) is 5.92 Å². The number of phenolic OH excluding ortho intramolecular Hbond substituents is 1. The Morgan fingerprint density at radius 2 is 1.68 bits per heavy atom. The van der Waals surface area contributed by atoms with Crippen molar-refractivity contribution in [3.63, 3.8) is 0 Å². The van der Waals surface area contributed by atoms with E-state index >= 15 is 0 Å². The van der Waals surface area contributed by atoms with Gasteiger partial charge in [-0.05, 0) is 72.4 Å². The summed E-state index contributed by atoms with van der Waals surface area (Å²) in [7, 11) is 5.01. The summed E-state index contributed by atoms with van der Waals surface area (Å²) in [6.45, 7) is 0. The van der Waals surface area contributed by atoms with Crippen molar-refractivity contribution in [1.82, 2.24) is 0 Å². The molecule has 2 aromatic carbocycles. The highest BCUT2D eigenvalue weighted by molar-refractivity contribution is 5.55. The zero-order valence-electron chi connectivity index (χ0n) is 15.0. The molecule has 4 nitrogen and oxygen atoms in total. The number of rotatable bonds is 3. The van der Waals surface area contributed by atoms with E-state index in [1.54, 1.807) is 27.4 Å². The first kappa shape index (κ1) is 16.1. The Bertz CT molecular complexity index is 812. The number of aromatic hydroxyl groups is 1. The molecule has 4 rings (SSSR count). The fourth-order valence-electron chi connectivity index (χ4n) is 4.61. The molecule has 0 bridgehead atoms. The number of hydrogen-bond donors (Lipinski definition) is 1. The standard InChI is InChI=1S/C21H24O4/c1-23-19-10-14-5-4-12-9-17-13(6-7-18(22)21(17)25-3)8-15(12)16(14)11-20(19)24-2/h6-7,10-12,15,22H,4-5,8-9H2,1-3H3. The average molecular weight is 340 g/mol. The van der Waals surface area contributed by atoms with E-state index in [2.05, 4.69) is 12.1 Å². The Labute approximate surface area is 148 Å². The maximum atomic E-state index is 10.1. The molecule has 2 aromatic rings. The van der Waals surface area contributed by atoms with E-state index in [1.165, 1.54) is 22.3 Å². The lowest BCUT2D eigenvalue weighted by atomic mass is 9.66. The van der Waals surface area contributed by atoms with Gasteiger partial charge in [0.05, 0.1) is 21.3 Å². The van der Waals surface area contributed by atoms with Crippen LogP contribution in [-0.2, 0) is 19.3 Å². The van der Waals surface area contributed by atoms with Gasteiger partial charge in [-0.25, -0.2) is 0 Å². The maximum absolute atomic E-state index is 10.1. The van der Waals surface area contributed by atoms with Crippen LogP contribution < -0.4 is 14.2 Å². The highest BCUT2D eigenvalue weighted by atomic mass is 16.5. The number of benzene rings is 2. The van der Waals surface area contributed by atoms with Crippen LogP contribution >= 0.6 is 0 Å². The lowest BCUT2D eigenvalue weighted by Crippen LogP contribution is -2.29.